The summed E-state index contributed by atoms with van der Waals surface area (Å²) in [4.78, 5) is 35.1. The van der Waals surface area contributed by atoms with Gasteiger partial charge in [-0.25, -0.2) is 4.79 Å². The first-order chi connectivity index (χ1) is 9.51. The van der Waals surface area contributed by atoms with Crippen LogP contribution in [0.5, 0.6) is 0 Å². The van der Waals surface area contributed by atoms with Crippen molar-refractivity contribution in [2.45, 2.75) is 6.92 Å². The van der Waals surface area contributed by atoms with E-state index in [9.17, 15) is 14.4 Å². The fraction of sp³-hybridized carbons (Fsp3) is 0.154. The molecule has 0 aliphatic carbocycles. The van der Waals surface area contributed by atoms with Crippen LogP contribution in [0.3, 0.4) is 0 Å². The number of carbonyl (C=O) groups is 2. The van der Waals surface area contributed by atoms with Gasteiger partial charge in [0.25, 0.3) is 5.91 Å². The molecule has 0 radical (unpaired) electrons. The molecular formula is C13H11NO5S. The summed E-state index contributed by atoms with van der Waals surface area (Å²) in [5.41, 5.74) is -0.00610. The molecule has 0 spiro atoms. The van der Waals surface area contributed by atoms with E-state index in [1.165, 1.54) is 13.2 Å². The van der Waals surface area contributed by atoms with E-state index in [4.69, 9.17) is 4.42 Å². The maximum atomic E-state index is 12.0. The lowest BCUT2D eigenvalue weighted by Gasteiger charge is -2.05. The molecule has 1 N–H and O–H groups in total. The largest absolute Gasteiger partial charge is 0.465 e. The summed E-state index contributed by atoms with van der Waals surface area (Å²) in [6.07, 6.45) is 0. The van der Waals surface area contributed by atoms with Crippen molar-refractivity contribution in [1.29, 1.82) is 0 Å². The number of methoxy groups -OCH3 is 1. The molecule has 0 aliphatic rings. The standard InChI is InChI=1S/C13H11NO5S/c1-7-5-8(15)6-10(19-7)12(16)14-9-3-4-20-11(9)13(17)18-2/h3-6H,1-2H3,(H,14,16). The lowest BCUT2D eigenvalue weighted by Crippen LogP contribution is -2.16. The smallest absolute Gasteiger partial charge is 0.350 e. The average Bonchev–Trinajstić information content (AvgIpc) is 2.84. The van der Waals surface area contributed by atoms with E-state index in [2.05, 4.69) is 10.1 Å². The third-order valence-electron chi connectivity index (χ3n) is 2.40. The van der Waals surface area contributed by atoms with E-state index in [0.717, 1.165) is 17.4 Å². The van der Waals surface area contributed by atoms with Gasteiger partial charge in [0.2, 0.25) is 0 Å². The quantitative estimate of drug-likeness (QED) is 0.875. The van der Waals surface area contributed by atoms with Gasteiger partial charge in [-0.05, 0) is 18.4 Å². The van der Waals surface area contributed by atoms with Crippen molar-refractivity contribution >= 4 is 28.9 Å². The van der Waals surface area contributed by atoms with Crippen LogP contribution < -0.4 is 10.7 Å². The van der Waals surface area contributed by atoms with E-state index in [0.29, 0.717) is 11.4 Å². The lowest BCUT2D eigenvalue weighted by atomic mass is 10.3. The number of thiophene rings is 1. The fourth-order valence-corrected chi connectivity index (χ4v) is 2.32. The summed E-state index contributed by atoms with van der Waals surface area (Å²) < 4.78 is 9.78. The molecule has 104 valence electrons. The molecule has 0 aliphatic heterocycles. The van der Waals surface area contributed by atoms with E-state index >= 15 is 0 Å². The molecule has 1 amide bonds. The molecule has 6 nitrogen and oxygen atoms in total. The van der Waals surface area contributed by atoms with Crippen molar-refractivity contribution < 1.29 is 18.7 Å². The highest BCUT2D eigenvalue weighted by atomic mass is 32.1. The van der Waals surface area contributed by atoms with Crippen LogP contribution in [0.4, 0.5) is 5.69 Å². The van der Waals surface area contributed by atoms with Gasteiger partial charge in [-0.1, -0.05) is 0 Å². The van der Waals surface area contributed by atoms with Crippen molar-refractivity contribution in [3.05, 3.63) is 50.2 Å². The van der Waals surface area contributed by atoms with Gasteiger partial charge in [0.1, 0.15) is 10.6 Å². The van der Waals surface area contributed by atoms with Crippen LogP contribution in [0.1, 0.15) is 26.0 Å². The Kier molecular flexibility index (Phi) is 3.99. The fourth-order valence-electron chi connectivity index (χ4n) is 1.56. The Morgan fingerprint density at radius 3 is 2.75 bits per heavy atom. The van der Waals surface area contributed by atoms with E-state index in [-0.39, 0.29) is 16.1 Å². The number of amides is 1. The molecule has 0 saturated heterocycles. The minimum atomic E-state index is -0.602. The Balaban J connectivity index is 2.26. The molecule has 0 aromatic carbocycles. The number of hydrogen-bond donors (Lipinski definition) is 1. The number of aryl methyl sites for hydroxylation is 1. The molecule has 2 heterocycles. The van der Waals surface area contributed by atoms with Crippen LogP contribution in [0.25, 0.3) is 0 Å². The summed E-state index contributed by atoms with van der Waals surface area (Å²) in [6.45, 7) is 1.57. The summed E-state index contributed by atoms with van der Waals surface area (Å²) in [6, 6.07) is 3.94. The zero-order valence-corrected chi connectivity index (χ0v) is 11.6. The highest BCUT2D eigenvalue weighted by Crippen LogP contribution is 2.23. The highest BCUT2D eigenvalue weighted by Gasteiger charge is 2.17. The van der Waals surface area contributed by atoms with Gasteiger partial charge < -0.3 is 14.5 Å². The molecular weight excluding hydrogens is 282 g/mol. The number of rotatable bonds is 3. The second kappa shape index (κ2) is 5.70. The Morgan fingerprint density at radius 2 is 2.10 bits per heavy atom. The first kappa shape index (κ1) is 14.0. The number of ether oxygens (including phenoxy) is 1. The third-order valence-corrected chi connectivity index (χ3v) is 3.29. The second-order valence-corrected chi connectivity index (χ2v) is 4.79. The zero-order valence-electron chi connectivity index (χ0n) is 10.8. The van der Waals surface area contributed by atoms with Crippen molar-refractivity contribution in [2.24, 2.45) is 0 Å². The number of nitrogens with one attached hydrogen (secondary N) is 1. The zero-order chi connectivity index (χ0) is 14.7. The maximum Gasteiger partial charge on any atom is 0.350 e. The molecule has 20 heavy (non-hydrogen) atoms. The molecule has 2 aromatic rings. The van der Waals surface area contributed by atoms with E-state index in [1.54, 1.807) is 18.4 Å². The minimum absolute atomic E-state index is 0.114. The van der Waals surface area contributed by atoms with Gasteiger partial charge in [0, 0.05) is 12.1 Å². The van der Waals surface area contributed by atoms with Gasteiger partial charge in [-0.15, -0.1) is 11.3 Å². The highest BCUT2D eigenvalue weighted by molar-refractivity contribution is 7.12. The third kappa shape index (κ3) is 2.94. The topological polar surface area (TPSA) is 85.6 Å². The Hall–Kier alpha value is -2.41. The van der Waals surface area contributed by atoms with Gasteiger partial charge in [-0.3, -0.25) is 9.59 Å². The van der Waals surface area contributed by atoms with Crippen molar-refractivity contribution in [3.8, 4) is 0 Å². The monoisotopic (exact) mass is 293 g/mol. The van der Waals surface area contributed by atoms with Crippen LogP contribution in [-0.4, -0.2) is 19.0 Å². The molecule has 0 unspecified atom stereocenters. The van der Waals surface area contributed by atoms with Crippen LogP contribution in [-0.2, 0) is 4.74 Å². The van der Waals surface area contributed by atoms with Gasteiger partial charge >= 0.3 is 5.97 Å². The lowest BCUT2D eigenvalue weighted by molar-refractivity contribution is 0.0607. The molecule has 0 fully saturated rings. The predicted molar refractivity (Wildman–Crippen MR) is 73.3 cm³/mol. The number of anilines is 1. The van der Waals surface area contributed by atoms with E-state index in [1.807, 2.05) is 0 Å². The molecule has 2 aromatic heterocycles. The van der Waals surface area contributed by atoms with Gasteiger partial charge in [0.05, 0.1) is 12.8 Å². The Bertz CT molecular complexity index is 716. The first-order valence-corrected chi connectivity index (χ1v) is 6.48. The molecule has 2 rings (SSSR count). The molecule has 7 heteroatoms. The number of hydrogen-bond acceptors (Lipinski definition) is 6. The van der Waals surface area contributed by atoms with Gasteiger partial charge in [0.15, 0.2) is 11.2 Å². The first-order valence-electron chi connectivity index (χ1n) is 5.60. The SMILES string of the molecule is COC(=O)c1sccc1NC(=O)c1cc(=O)cc(C)o1. The summed E-state index contributed by atoms with van der Waals surface area (Å²) in [5, 5.41) is 4.16. The summed E-state index contributed by atoms with van der Waals surface area (Å²) >= 11 is 1.14. The number of esters is 1. The minimum Gasteiger partial charge on any atom is -0.465 e. The van der Waals surface area contributed by atoms with Crippen molar-refractivity contribution in [2.75, 3.05) is 12.4 Å². The Morgan fingerprint density at radius 1 is 1.35 bits per heavy atom. The Labute approximate surface area is 118 Å². The van der Waals surface area contributed by atoms with Crippen molar-refractivity contribution in [3.63, 3.8) is 0 Å². The summed E-state index contributed by atoms with van der Waals surface area (Å²) in [7, 11) is 1.26. The van der Waals surface area contributed by atoms with Crippen LogP contribution in [0.15, 0.2) is 32.8 Å². The molecule has 0 saturated carbocycles. The van der Waals surface area contributed by atoms with Crippen molar-refractivity contribution in [1.82, 2.24) is 0 Å². The maximum absolute atomic E-state index is 12.0. The molecule has 0 bridgehead atoms. The summed E-state index contributed by atoms with van der Waals surface area (Å²) in [5.74, 6) is -0.923. The normalized spacial score (nSPS) is 10.1. The van der Waals surface area contributed by atoms with Crippen LogP contribution in [0.2, 0.25) is 0 Å². The number of carbonyl (C=O) groups excluding carboxylic acids is 2. The molecule has 0 atom stereocenters. The predicted octanol–water partition coefficient (Wildman–Crippen LogP) is 2.05. The van der Waals surface area contributed by atoms with E-state index < -0.39 is 11.9 Å². The second-order valence-electron chi connectivity index (χ2n) is 3.88. The average molecular weight is 293 g/mol. The van der Waals surface area contributed by atoms with Gasteiger partial charge in [-0.2, -0.15) is 0 Å². The van der Waals surface area contributed by atoms with Crippen LogP contribution >= 0.6 is 11.3 Å². The van der Waals surface area contributed by atoms with Crippen LogP contribution in [0, 0.1) is 6.92 Å².